The molecular weight excluding hydrogens is 584 g/mol. The van der Waals surface area contributed by atoms with Crippen LogP contribution in [0.15, 0.2) is 28.4 Å². The Hall–Kier alpha value is -2.87. The average Bonchev–Trinajstić information content (AvgIpc) is 2.93. The second-order valence-corrected chi connectivity index (χ2v) is 13.6. The quantitative estimate of drug-likeness (QED) is 0.338. The van der Waals surface area contributed by atoms with E-state index in [0.717, 1.165) is 12.8 Å². The van der Waals surface area contributed by atoms with Crippen LogP contribution in [0.5, 0.6) is 0 Å². The lowest BCUT2D eigenvalue weighted by molar-refractivity contribution is -0.160. The summed E-state index contributed by atoms with van der Waals surface area (Å²) in [5.41, 5.74) is -1.91. The molecule has 14 heteroatoms. The molecule has 230 valence electrons. The number of pyridine rings is 1. The number of piperidine rings is 2. The number of nitrogens with one attached hydrogen (secondary N) is 1. The third-order valence-electron chi connectivity index (χ3n) is 7.62. The van der Waals surface area contributed by atoms with E-state index in [2.05, 4.69) is 32.1 Å². The van der Waals surface area contributed by atoms with Gasteiger partial charge in [0.15, 0.2) is 11.4 Å². The number of ether oxygens (including phenoxy) is 1. The van der Waals surface area contributed by atoms with Gasteiger partial charge >= 0.3 is 12.1 Å². The second kappa shape index (κ2) is 12.8. The molecule has 0 aromatic carbocycles. The van der Waals surface area contributed by atoms with Crippen LogP contribution >= 0.6 is 23.4 Å². The number of carboxylic acid groups (broad SMARTS) is 1. The number of hydrogen-bond acceptors (Lipinski definition) is 11. The maximum absolute atomic E-state index is 12.1. The van der Waals surface area contributed by atoms with Gasteiger partial charge in [-0.1, -0.05) is 30.3 Å². The first kappa shape index (κ1) is 32.1. The summed E-state index contributed by atoms with van der Waals surface area (Å²) in [6.45, 7) is 9.89. The number of carbonyl (C=O) groups is 2. The normalized spacial score (nSPS) is 18.5. The standard InChI is InChI=1S/C28H39ClN6O6S/c1-26(2,3)41-25(39)32-17-27(4)6-11-34(12-7-27)22-18(16-36)33-20(15-31-22)42-19-5-10-30-23(21(19)29)35-13-8-28(40,9-14-35)24(37)38/h5,10,15,36,40H,6-9,11-14,16-17H2,1-4H3,(H,32,39)(H,37,38). The predicted octanol–water partition coefficient (Wildman–Crippen LogP) is 3.72. The molecule has 0 spiro atoms. The lowest BCUT2D eigenvalue weighted by Crippen LogP contribution is -2.49. The number of carbonyl (C=O) groups excluding carboxylic acids is 1. The first-order valence-corrected chi connectivity index (χ1v) is 15.1. The van der Waals surface area contributed by atoms with Crippen molar-refractivity contribution in [3.63, 3.8) is 0 Å². The molecule has 2 aliphatic heterocycles. The smallest absolute Gasteiger partial charge is 0.407 e. The molecule has 0 aliphatic carbocycles. The van der Waals surface area contributed by atoms with Gasteiger partial charge in [0, 0.05) is 56.7 Å². The van der Waals surface area contributed by atoms with Crippen molar-refractivity contribution in [3.05, 3.63) is 29.2 Å². The number of aliphatic carboxylic acids is 1. The van der Waals surface area contributed by atoms with Gasteiger partial charge in [-0.15, -0.1) is 0 Å². The Balaban J connectivity index is 1.39. The molecule has 0 saturated carbocycles. The summed E-state index contributed by atoms with van der Waals surface area (Å²) in [6, 6.07) is 1.76. The summed E-state index contributed by atoms with van der Waals surface area (Å²) < 4.78 is 5.36. The van der Waals surface area contributed by atoms with Gasteiger partial charge in [0.05, 0.1) is 17.8 Å². The first-order valence-electron chi connectivity index (χ1n) is 13.9. The molecule has 2 aromatic rings. The number of hydrogen-bond donors (Lipinski definition) is 4. The van der Waals surface area contributed by atoms with Crippen LogP contribution in [0.2, 0.25) is 5.02 Å². The number of amides is 1. The minimum absolute atomic E-state index is 0.0699. The van der Waals surface area contributed by atoms with E-state index >= 15 is 0 Å². The van der Waals surface area contributed by atoms with Gasteiger partial charge < -0.3 is 35.2 Å². The monoisotopic (exact) mass is 622 g/mol. The summed E-state index contributed by atoms with van der Waals surface area (Å²) in [7, 11) is 0. The molecule has 2 fully saturated rings. The Bertz CT molecular complexity index is 1290. The van der Waals surface area contributed by atoms with Crippen LogP contribution in [0.3, 0.4) is 0 Å². The van der Waals surface area contributed by atoms with E-state index in [1.165, 1.54) is 11.8 Å². The van der Waals surface area contributed by atoms with Crippen LogP contribution in [-0.4, -0.2) is 86.3 Å². The fourth-order valence-electron chi connectivity index (χ4n) is 4.99. The first-order chi connectivity index (χ1) is 19.7. The van der Waals surface area contributed by atoms with E-state index < -0.39 is 23.3 Å². The molecule has 4 rings (SSSR count). The van der Waals surface area contributed by atoms with Crippen molar-refractivity contribution in [3.8, 4) is 0 Å². The summed E-state index contributed by atoms with van der Waals surface area (Å²) in [5, 5.41) is 33.5. The van der Waals surface area contributed by atoms with Crippen LogP contribution in [-0.2, 0) is 16.1 Å². The largest absolute Gasteiger partial charge is 0.479 e. The van der Waals surface area contributed by atoms with Crippen molar-refractivity contribution in [2.24, 2.45) is 5.41 Å². The fraction of sp³-hybridized carbons (Fsp3) is 0.607. The molecule has 0 unspecified atom stereocenters. The van der Waals surface area contributed by atoms with Gasteiger partial charge in [0.2, 0.25) is 0 Å². The van der Waals surface area contributed by atoms with Gasteiger partial charge in [0.25, 0.3) is 0 Å². The maximum Gasteiger partial charge on any atom is 0.407 e. The van der Waals surface area contributed by atoms with Crippen molar-refractivity contribution >= 4 is 47.1 Å². The SMILES string of the molecule is CC1(CNC(=O)OC(C)(C)C)CCN(c2ncc(Sc3ccnc(N4CCC(O)(C(=O)O)CC4)c3Cl)nc2CO)CC1. The summed E-state index contributed by atoms with van der Waals surface area (Å²) in [6.07, 6.45) is 4.64. The average molecular weight is 623 g/mol. The highest BCUT2D eigenvalue weighted by molar-refractivity contribution is 7.99. The summed E-state index contributed by atoms with van der Waals surface area (Å²) >= 11 is 8.01. The minimum atomic E-state index is -1.74. The third-order valence-corrected chi connectivity index (χ3v) is 9.07. The lowest BCUT2D eigenvalue weighted by atomic mass is 9.80. The van der Waals surface area contributed by atoms with Crippen molar-refractivity contribution < 1.29 is 29.6 Å². The second-order valence-electron chi connectivity index (χ2n) is 12.2. The number of anilines is 2. The van der Waals surface area contributed by atoms with Crippen molar-refractivity contribution in [2.75, 3.05) is 42.5 Å². The van der Waals surface area contributed by atoms with Gasteiger partial charge in [0.1, 0.15) is 22.1 Å². The van der Waals surface area contributed by atoms with E-state index in [1.807, 2.05) is 25.7 Å². The van der Waals surface area contributed by atoms with Gasteiger partial charge in [-0.05, 0) is 45.1 Å². The molecule has 0 atom stereocenters. The maximum atomic E-state index is 12.1. The lowest BCUT2D eigenvalue weighted by Gasteiger charge is -2.40. The number of alkyl carbamates (subject to hydrolysis) is 1. The molecule has 0 radical (unpaired) electrons. The fourth-order valence-corrected chi connectivity index (χ4v) is 6.13. The van der Waals surface area contributed by atoms with E-state index in [1.54, 1.807) is 18.5 Å². The molecule has 2 saturated heterocycles. The number of nitrogens with zero attached hydrogens (tertiary/aromatic N) is 5. The van der Waals surface area contributed by atoms with Crippen molar-refractivity contribution in [1.29, 1.82) is 0 Å². The number of aliphatic hydroxyl groups is 2. The predicted molar refractivity (Wildman–Crippen MR) is 159 cm³/mol. The molecule has 2 aromatic heterocycles. The molecule has 1 amide bonds. The summed E-state index contributed by atoms with van der Waals surface area (Å²) in [5.74, 6) is -0.0793. The van der Waals surface area contributed by atoms with Crippen molar-refractivity contribution in [1.82, 2.24) is 20.3 Å². The molecule has 12 nitrogen and oxygen atoms in total. The Morgan fingerprint density at radius 1 is 1.10 bits per heavy atom. The zero-order valence-corrected chi connectivity index (χ0v) is 26.0. The number of aromatic nitrogens is 3. The highest BCUT2D eigenvalue weighted by Gasteiger charge is 2.40. The Kier molecular flexibility index (Phi) is 9.75. The topological polar surface area (TPSA) is 161 Å². The van der Waals surface area contributed by atoms with Gasteiger partial charge in [-0.25, -0.2) is 24.5 Å². The van der Waals surface area contributed by atoms with E-state index in [0.29, 0.717) is 65.0 Å². The Morgan fingerprint density at radius 3 is 2.31 bits per heavy atom. The zero-order valence-electron chi connectivity index (χ0n) is 24.4. The third kappa shape index (κ3) is 7.74. The molecule has 2 aliphatic rings. The number of aliphatic hydroxyl groups excluding tert-OH is 1. The molecule has 42 heavy (non-hydrogen) atoms. The zero-order chi connectivity index (χ0) is 30.7. The molecule has 4 N–H and O–H groups in total. The molecule has 4 heterocycles. The van der Waals surface area contributed by atoms with E-state index in [-0.39, 0.29) is 24.9 Å². The Labute approximate surface area is 254 Å². The van der Waals surface area contributed by atoms with Crippen LogP contribution in [0, 0.1) is 5.41 Å². The summed E-state index contributed by atoms with van der Waals surface area (Å²) in [4.78, 5) is 41.8. The number of rotatable bonds is 8. The number of carboxylic acids is 1. The van der Waals surface area contributed by atoms with Crippen LogP contribution in [0.25, 0.3) is 0 Å². The van der Waals surface area contributed by atoms with Crippen molar-refractivity contribution in [2.45, 2.75) is 81.1 Å². The van der Waals surface area contributed by atoms with E-state index in [4.69, 9.17) is 16.3 Å². The van der Waals surface area contributed by atoms with Gasteiger partial charge in [-0.3, -0.25) is 0 Å². The van der Waals surface area contributed by atoms with Crippen LogP contribution in [0.1, 0.15) is 59.1 Å². The van der Waals surface area contributed by atoms with Gasteiger partial charge in [-0.2, -0.15) is 0 Å². The highest BCUT2D eigenvalue weighted by atomic mass is 35.5. The molecular formula is C28H39ClN6O6S. The highest BCUT2D eigenvalue weighted by Crippen LogP contribution is 2.39. The minimum Gasteiger partial charge on any atom is -0.479 e. The Morgan fingerprint density at radius 2 is 1.71 bits per heavy atom. The van der Waals surface area contributed by atoms with Crippen LogP contribution < -0.4 is 15.1 Å². The van der Waals surface area contributed by atoms with Crippen LogP contribution in [0.4, 0.5) is 16.4 Å². The molecule has 0 bridgehead atoms. The number of halogens is 1. The van der Waals surface area contributed by atoms with E-state index in [9.17, 15) is 24.9 Å².